The molecule has 1 saturated carbocycles. The van der Waals surface area contributed by atoms with E-state index in [1.807, 2.05) is 0 Å². The molecule has 2 aromatic heterocycles. The molecule has 0 N–H and O–H groups in total. The Morgan fingerprint density at radius 1 is 0.517 bits per heavy atom. The van der Waals surface area contributed by atoms with E-state index in [1.54, 1.807) is 73.3 Å². The summed E-state index contributed by atoms with van der Waals surface area (Å²) in [6.45, 7) is 8.56. The van der Waals surface area contributed by atoms with Crippen molar-refractivity contribution in [2.24, 2.45) is 0 Å². The quantitative estimate of drug-likeness (QED) is 0.0286. The van der Waals surface area contributed by atoms with Gasteiger partial charge in [0.25, 0.3) is 0 Å². The third-order valence-corrected chi connectivity index (χ3v) is 9.61. The van der Waals surface area contributed by atoms with Gasteiger partial charge in [0.05, 0.1) is 62.3 Å². The maximum atomic E-state index is 13.2. The van der Waals surface area contributed by atoms with Crippen molar-refractivity contribution in [2.75, 3.05) is 26.4 Å². The van der Waals surface area contributed by atoms with Crippen LogP contribution in [0.15, 0.2) is 98.6 Å². The predicted octanol–water partition coefficient (Wildman–Crippen LogP) is 8.26. The molecule has 0 aliphatic heterocycles. The van der Waals surface area contributed by atoms with E-state index in [0.29, 0.717) is 73.5 Å². The number of nitrogens with zero attached hydrogens (tertiary/aromatic N) is 4. The van der Waals surface area contributed by atoms with Gasteiger partial charge in [0.15, 0.2) is 23.1 Å². The zero-order valence-corrected chi connectivity index (χ0v) is 33.8. The molecule has 14 heteroatoms. The van der Waals surface area contributed by atoms with Crippen molar-refractivity contribution in [1.29, 1.82) is 0 Å². The van der Waals surface area contributed by atoms with Gasteiger partial charge in [-0.05, 0) is 101 Å². The fraction of sp³-hybridized carbons (Fsp3) is 0.391. The number of unbranched alkanes of at least 4 members (excludes halogenated alkanes) is 6. The molecule has 1 aliphatic rings. The van der Waals surface area contributed by atoms with Crippen LogP contribution in [0.25, 0.3) is 22.8 Å². The summed E-state index contributed by atoms with van der Waals surface area (Å²) in [5, 5.41) is 0. The maximum absolute atomic E-state index is 13.2. The molecule has 1 fully saturated rings. The van der Waals surface area contributed by atoms with Crippen molar-refractivity contribution in [3.63, 3.8) is 0 Å². The number of carbonyl (C=O) groups excluding carboxylic acids is 4. The van der Waals surface area contributed by atoms with E-state index in [9.17, 15) is 19.2 Å². The lowest BCUT2D eigenvalue weighted by molar-refractivity contribution is -0.138. The van der Waals surface area contributed by atoms with Crippen LogP contribution in [0.3, 0.4) is 0 Å². The average Bonchev–Trinajstić information content (AvgIpc) is 3.29. The Kier molecular flexibility index (Phi) is 18.2. The van der Waals surface area contributed by atoms with Crippen LogP contribution in [0.5, 0.6) is 11.5 Å². The normalized spacial score (nSPS) is 14.6. The van der Waals surface area contributed by atoms with Gasteiger partial charge in [-0.1, -0.05) is 37.4 Å². The minimum Gasteiger partial charge on any atom is -0.490 e. The third-order valence-electron chi connectivity index (χ3n) is 9.61. The van der Waals surface area contributed by atoms with E-state index in [2.05, 4.69) is 33.1 Å². The summed E-state index contributed by atoms with van der Waals surface area (Å²) in [5.74, 6) is 0.282. The average molecular weight is 821 g/mol. The summed E-state index contributed by atoms with van der Waals surface area (Å²) in [4.78, 5) is 66.2. The minimum atomic E-state index is -0.574. The van der Waals surface area contributed by atoms with Gasteiger partial charge < -0.3 is 28.4 Å². The smallest absolute Gasteiger partial charge is 0.338 e. The van der Waals surface area contributed by atoms with Gasteiger partial charge in [-0.25, -0.2) is 39.1 Å². The molecule has 14 nitrogen and oxygen atoms in total. The minimum absolute atomic E-state index is 0.364. The van der Waals surface area contributed by atoms with Gasteiger partial charge in [0.1, 0.15) is 12.2 Å². The molecule has 60 heavy (non-hydrogen) atoms. The summed E-state index contributed by atoms with van der Waals surface area (Å²) in [6.07, 6.45) is 17.5. The third kappa shape index (κ3) is 14.7. The first kappa shape index (κ1) is 44.7. The van der Waals surface area contributed by atoms with Gasteiger partial charge in [0, 0.05) is 23.3 Å². The van der Waals surface area contributed by atoms with Crippen LogP contribution >= 0.6 is 0 Å². The van der Waals surface area contributed by atoms with Crippen LogP contribution in [0.4, 0.5) is 0 Å². The number of esters is 4. The molecule has 316 valence electrons. The molecular weight excluding hydrogens is 769 g/mol. The maximum Gasteiger partial charge on any atom is 0.338 e. The van der Waals surface area contributed by atoms with E-state index in [4.69, 9.17) is 28.4 Å². The number of aromatic nitrogens is 4. The van der Waals surface area contributed by atoms with Gasteiger partial charge in [-0.2, -0.15) is 0 Å². The van der Waals surface area contributed by atoms with Crippen LogP contribution in [0, 0.1) is 0 Å². The van der Waals surface area contributed by atoms with Crippen molar-refractivity contribution in [1.82, 2.24) is 19.9 Å². The van der Waals surface area contributed by atoms with Crippen LogP contribution in [0.1, 0.15) is 97.8 Å². The fourth-order valence-electron chi connectivity index (χ4n) is 6.29. The van der Waals surface area contributed by atoms with Crippen molar-refractivity contribution in [3.05, 3.63) is 110 Å². The molecule has 0 spiro atoms. The van der Waals surface area contributed by atoms with Crippen LogP contribution in [-0.2, 0) is 28.5 Å². The van der Waals surface area contributed by atoms with Gasteiger partial charge in [-0.3, -0.25) is 0 Å². The summed E-state index contributed by atoms with van der Waals surface area (Å²) in [6, 6.07) is 13.7. The lowest BCUT2D eigenvalue weighted by atomic mass is 9.94. The highest BCUT2D eigenvalue weighted by Crippen LogP contribution is 2.27. The van der Waals surface area contributed by atoms with Crippen molar-refractivity contribution in [2.45, 2.75) is 89.3 Å². The zero-order valence-electron chi connectivity index (χ0n) is 33.8. The molecule has 0 unspecified atom stereocenters. The topological polar surface area (TPSA) is 175 Å². The first-order valence-electron chi connectivity index (χ1n) is 20.4. The summed E-state index contributed by atoms with van der Waals surface area (Å²) < 4.78 is 33.2. The largest absolute Gasteiger partial charge is 0.490 e. The second kappa shape index (κ2) is 24.5. The lowest BCUT2D eigenvalue weighted by Gasteiger charge is -2.30. The SMILES string of the molecule is C=CC(=O)OCCCCCCOc1cnc(-c2ccc(C(=O)O[C@@H]3CCCC[C@H]3OC(=O)c3ccc(-c4ncc(OCCCCCCOC(=O)C=C)cn4)cc3)cc2)nc1. The molecule has 0 bridgehead atoms. The highest BCUT2D eigenvalue weighted by Gasteiger charge is 2.32. The predicted molar refractivity (Wildman–Crippen MR) is 222 cm³/mol. The lowest BCUT2D eigenvalue weighted by Crippen LogP contribution is -2.37. The molecule has 2 aromatic carbocycles. The molecule has 1 aliphatic carbocycles. The summed E-state index contributed by atoms with van der Waals surface area (Å²) in [5.41, 5.74) is 2.18. The van der Waals surface area contributed by atoms with Crippen LogP contribution in [-0.4, -0.2) is 82.4 Å². The van der Waals surface area contributed by atoms with Crippen LogP contribution < -0.4 is 9.47 Å². The van der Waals surface area contributed by atoms with Crippen LogP contribution in [0.2, 0.25) is 0 Å². The second-order valence-electron chi connectivity index (χ2n) is 14.1. The standard InChI is InChI=1S/C46H52N4O10/c1-3-41(51)57-27-13-7-5-11-25-55-37-29-47-43(48-30-37)33-17-21-35(22-18-33)45(53)59-39-15-9-10-16-40(39)60-46(54)36-23-19-34(20-24-36)44-49-31-38(32-50-44)56-26-12-6-8-14-28-58-42(52)4-2/h3-4,17-24,29-32,39-40H,1-2,5-16,25-28H2/t39-,40-/m1/s1. The fourth-order valence-corrected chi connectivity index (χ4v) is 6.29. The highest BCUT2D eigenvalue weighted by atomic mass is 16.6. The van der Waals surface area contributed by atoms with Crippen molar-refractivity contribution in [3.8, 4) is 34.3 Å². The van der Waals surface area contributed by atoms with E-state index >= 15 is 0 Å². The molecule has 4 aromatic rings. The number of hydrogen-bond donors (Lipinski definition) is 0. The second-order valence-corrected chi connectivity index (χ2v) is 14.1. The first-order chi connectivity index (χ1) is 29.3. The number of carbonyl (C=O) groups is 4. The monoisotopic (exact) mass is 820 g/mol. The van der Waals surface area contributed by atoms with E-state index in [-0.39, 0.29) is 0 Å². The molecular formula is C46H52N4O10. The van der Waals surface area contributed by atoms with Gasteiger partial charge in [0.2, 0.25) is 0 Å². The van der Waals surface area contributed by atoms with Gasteiger partial charge in [-0.15, -0.1) is 0 Å². The first-order valence-corrected chi connectivity index (χ1v) is 20.4. The van der Waals surface area contributed by atoms with Crippen molar-refractivity contribution >= 4 is 23.9 Å². The number of rotatable bonds is 24. The molecule has 0 radical (unpaired) electrons. The van der Waals surface area contributed by atoms with Gasteiger partial charge >= 0.3 is 23.9 Å². The molecule has 0 amide bonds. The Balaban J connectivity index is 1.02. The van der Waals surface area contributed by atoms with Crippen molar-refractivity contribution < 1.29 is 47.6 Å². The Morgan fingerprint density at radius 2 is 0.867 bits per heavy atom. The Bertz CT molecular complexity index is 1840. The Hall–Kier alpha value is -6.44. The zero-order chi connectivity index (χ0) is 42.4. The summed E-state index contributed by atoms with van der Waals surface area (Å²) >= 11 is 0. The molecule has 0 saturated heterocycles. The molecule has 5 rings (SSSR count). The molecule has 2 atom stereocenters. The highest BCUT2D eigenvalue weighted by molar-refractivity contribution is 5.91. The molecule has 2 heterocycles. The van der Waals surface area contributed by atoms with E-state index in [1.165, 1.54) is 0 Å². The van der Waals surface area contributed by atoms with E-state index in [0.717, 1.165) is 87.5 Å². The Morgan fingerprint density at radius 3 is 1.22 bits per heavy atom. The number of benzene rings is 2. The van der Waals surface area contributed by atoms with E-state index < -0.39 is 36.1 Å². The Labute approximate surface area is 350 Å². The number of hydrogen-bond acceptors (Lipinski definition) is 14. The summed E-state index contributed by atoms with van der Waals surface area (Å²) in [7, 11) is 0. The number of ether oxygens (including phenoxy) is 6.